The fraction of sp³-hybridized carbons (Fsp3) is 0.500. The predicted octanol–water partition coefficient (Wildman–Crippen LogP) is -0.571. The predicted molar refractivity (Wildman–Crippen MR) is 27.5 cm³/mol. The van der Waals surface area contributed by atoms with Crippen molar-refractivity contribution in [3.05, 3.63) is 0 Å². The van der Waals surface area contributed by atoms with Gasteiger partial charge < -0.3 is 5.11 Å². The first-order valence-electron chi connectivity index (χ1n) is 2.48. The molecule has 0 aliphatic carbocycles. The summed E-state index contributed by atoms with van der Waals surface area (Å²) in [7, 11) is 0. The van der Waals surface area contributed by atoms with E-state index in [0.29, 0.717) is 0 Å². The van der Waals surface area contributed by atoms with E-state index in [0.717, 1.165) is 6.92 Å². The smallest absolute Gasteiger partial charge is 0.342 e. The fourth-order valence-corrected chi connectivity index (χ4v) is 0.156. The van der Waals surface area contributed by atoms with E-state index in [1.54, 1.807) is 0 Å². The largest absolute Gasteiger partial charge is 0.479 e. The van der Waals surface area contributed by atoms with Gasteiger partial charge in [0.05, 0.1) is 0 Å². The molecule has 0 spiro atoms. The van der Waals surface area contributed by atoms with Gasteiger partial charge in [-0.3, -0.25) is 4.89 Å². The number of hydrogen-bond donors (Lipinski definition) is 1. The number of hydrogen-bond acceptors (Lipinski definition) is 6. The van der Waals surface area contributed by atoms with Crippen LogP contribution in [0.5, 0.6) is 0 Å². The molecule has 0 radical (unpaired) electrons. The summed E-state index contributed by atoms with van der Waals surface area (Å²) in [6.07, 6.45) is 0. The van der Waals surface area contributed by atoms with Gasteiger partial charge in [-0.15, -0.1) is 0 Å². The first-order valence-corrected chi connectivity index (χ1v) is 2.48. The van der Waals surface area contributed by atoms with Gasteiger partial charge in [0, 0.05) is 12.0 Å². The Kier molecular flexibility index (Phi) is 4.99. The summed E-state index contributed by atoms with van der Waals surface area (Å²) in [5.41, 5.74) is 0. The van der Waals surface area contributed by atoms with E-state index in [-0.39, 0.29) is 0 Å². The summed E-state index contributed by atoms with van der Waals surface area (Å²) in [6, 6.07) is 0. The number of carboxylic acids is 1. The minimum absolute atomic E-state index is 0.707. The van der Waals surface area contributed by atoms with Gasteiger partial charge in [-0.2, -0.15) is 4.89 Å². The van der Waals surface area contributed by atoms with Crippen LogP contribution in [-0.4, -0.2) is 23.7 Å². The minimum atomic E-state index is -1.24. The number of aliphatic carboxylic acids is 1. The number of carbonyl (C=O) groups excluding carboxylic acids is 1. The Morgan fingerprint density at radius 3 is 2.45 bits per heavy atom. The molecule has 11 heavy (non-hydrogen) atoms. The van der Waals surface area contributed by atoms with Crippen LogP contribution in [0.4, 0.5) is 0 Å². The summed E-state index contributed by atoms with van der Waals surface area (Å²) in [4.78, 5) is 27.3. The van der Waals surface area contributed by atoms with Gasteiger partial charge in [-0.1, -0.05) is 0 Å². The molecule has 0 rings (SSSR count). The Labute approximate surface area is 61.2 Å². The van der Waals surface area contributed by atoms with Gasteiger partial charge in [-0.05, 0) is 5.04 Å². The van der Waals surface area contributed by atoms with Crippen LogP contribution in [-0.2, 0) is 29.4 Å². The summed E-state index contributed by atoms with van der Waals surface area (Å²) in [6.45, 7) is 0.363. The zero-order valence-corrected chi connectivity index (χ0v) is 5.60. The summed E-state index contributed by atoms with van der Waals surface area (Å²) in [5, 5.41) is 15.2. The van der Waals surface area contributed by atoms with Crippen LogP contribution >= 0.6 is 0 Å². The lowest BCUT2D eigenvalue weighted by molar-refractivity contribution is -0.615. The third-order valence-electron chi connectivity index (χ3n) is 0.410. The van der Waals surface area contributed by atoms with Crippen LogP contribution < -0.4 is 0 Å². The molecule has 0 aromatic carbocycles. The Bertz CT molecular complexity index is 125. The molecule has 64 valence electrons. The van der Waals surface area contributed by atoms with E-state index in [1.165, 1.54) is 0 Å². The highest BCUT2D eigenvalue weighted by molar-refractivity contribution is 5.67. The average molecular weight is 166 g/mol. The first kappa shape index (κ1) is 9.82. The van der Waals surface area contributed by atoms with Crippen LogP contribution in [0.1, 0.15) is 6.92 Å². The molecule has 0 heterocycles. The molecule has 0 atom stereocenters. The monoisotopic (exact) mass is 166 g/mol. The summed E-state index contributed by atoms with van der Waals surface area (Å²) in [5.74, 6) is -1.99. The fourth-order valence-electron chi connectivity index (χ4n) is 0.156. The molecule has 0 saturated heterocycles. The zero-order valence-electron chi connectivity index (χ0n) is 5.60. The highest BCUT2D eigenvalue weighted by Gasteiger charge is 1.98. The maximum absolute atomic E-state index is 9.94. The molecule has 0 aliphatic heterocycles. The molecule has 7 heteroatoms. The van der Waals surface area contributed by atoms with Crippen LogP contribution in [0.3, 0.4) is 0 Å². The lowest BCUT2D eigenvalue weighted by Gasteiger charge is -1.96. The first-order chi connectivity index (χ1) is 5.13. The highest BCUT2D eigenvalue weighted by Crippen LogP contribution is 1.83. The van der Waals surface area contributed by atoms with Crippen LogP contribution in [0.25, 0.3) is 0 Å². The standard InChI is InChI=1S/C4H6O7/c1-3(5)9-11-10-8-2-4(6)7/h2H2,1H3,(H,6,7). The van der Waals surface area contributed by atoms with E-state index in [4.69, 9.17) is 5.11 Å². The zero-order chi connectivity index (χ0) is 8.69. The molecule has 0 aromatic heterocycles. The van der Waals surface area contributed by atoms with Crippen molar-refractivity contribution in [3.63, 3.8) is 0 Å². The van der Waals surface area contributed by atoms with E-state index in [2.05, 4.69) is 19.9 Å². The number of carboxylic acid groups (broad SMARTS) is 1. The van der Waals surface area contributed by atoms with Crippen molar-refractivity contribution >= 4 is 11.9 Å². The average Bonchev–Trinajstić information content (AvgIpc) is 1.85. The van der Waals surface area contributed by atoms with Crippen molar-refractivity contribution in [3.8, 4) is 0 Å². The second-order valence-corrected chi connectivity index (χ2v) is 1.37. The van der Waals surface area contributed by atoms with Crippen LogP contribution in [0.15, 0.2) is 0 Å². The van der Waals surface area contributed by atoms with E-state index in [1.807, 2.05) is 0 Å². The van der Waals surface area contributed by atoms with Gasteiger partial charge in [0.25, 0.3) is 0 Å². The van der Waals surface area contributed by atoms with Crippen molar-refractivity contribution < 1.29 is 34.5 Å². The normalized spacial score (nSPS) is 9.18. The minimum Gasteiger partial charge on any atom is -0.479 e. The van der Waals surface area contributed by atoms with E-state index < -0.39 is 18.5 Å². The van der Waals surface area contributed by atoms with Crippen molar-refractivity contribution in [2.24, 2.45) is 0 Å². The van der Waals surface area contributed by atoms with Crippen molar-refractivity contribution in [1.82, 2.24) is 0 Å². The Hall–Kier alpha value is -1.18. The summed E-state index contributed by atoms with van der Waals surface area (Å²) < 4.78 is 0. The number of rotatable bonds is 5. The van der Waals surface area contributed by atoms with Gasteiger partial charge >= 0.3 is 11.9 Å². The molecule has 0 bridgehead atoms. The molecule has 7 nitrogen and oxygen atoms in total. The van der Waals surface area contributed by atoms with Crippen molar-refractivity contribution in [2.45, 2.75) is 6.92 Å². The lowest BCUT2D eigenvalue weighted by atomic mass is 10.8. The third kappa shape index (κ3) is 8.82. The molecule has 0 aromatic rings. The lowest BCUT2D eigenvalue weighted by Crippen LogP contribution is -2.09. The van der Waals surface area contributed by atoms with E-state index >= 15 is 0 Å². The van der Waals surface area contributed by atoms with Gasteiger partial charge in [-0.25, -0.2) is 9.59 Å². The quantitative estimate of drug-likeness (QED) is 0.332. The van der Waals surface area contributed by atoms with Crippen LogP contribution in [0.2, 0.25) is 0 Å². The highest BCUT2D eigenvalue weighted by atomic mass is 17.7. The van der Waals surface area contributed by atoms with Gasteiger partial charge in [0.15, 0.2) is 6.61 Å². The Morgan fingerprint density at radius 2 is 2.00 bits per heavy atom. The second-order valence-electron chi connectivity index (χ2n) is 1.37. The van der Waals surface area contributed by atoms with E-state index in [9.17, 15) is 9.59 Å². The topological polar surface area (TPSA) is 91.3 Å². The SMILES string of the molecule is CC(=O)OOOOCC(=O)O. The maximum atomic E-state index is 9.94. The molecule has 1 N–H and O–H groups in total. The summed E-state index contributed by atoms with van der Waals surface area (Å²) >= 11 is 0. The van der Waals surface area contributed by atoms with Gasteiger partial charge in [0.2, 0.25) is 0 Å². The molecule has 0 amide bonds. The number of carbonyl (C=O) groups is 2. The van der Waals surface area contributed by atoms with Crippen LogP contribution in [0, 0.1) is 0 Å². The molecular weight excluding hydrogens is 160 g/mol. The third-order valence-corrected chi connectivity index (χ3v) is 0.410. The Balaban J connectivity index is 3.03. The van der Waals surface area contributed by atoms with Gasteiger partial charge in [0.1, 0.15) is 0 Å². The maximum Gasteiger partial charge on any atom is 0.342 e. The molecule has 0 aliphatic rings. The molecule has 0 saturated carbocycles. The molecule has 0 fully saturated rings. The second kappa shape index (κ2) is 5.59. The van der Waals surface area contributed by atoms with Crippen molar-refractivity contribution in [2.75, 3.05) is 6.61 Å². The molecule has 0 unspecified atom stereocenters. The molecular formula is C4H6O7. The van der Waals surface area contributed by atoms with Crippen molar-refractivity contribution in [1.29, 1.82) is 0 Å². The Morgan fingerprint density at radius 1 is 1.36 bits per heavy atom.